The van der Waals surface area contributed by atoms with Gasteiger partial charge < -0.3 is 15.3 Å². The summed E-state index contributed by atoms with van der Waals surface area (Å²) in [5, 5.41) is 10.9. The fourth-order valence-electron chi connectivity index (χ4n) is 1.95. The van der Waals surface area contributed by atoms with Crippen LogP contribution in [-0.4, -0.2) is 65.3 Å². The first-order valence-corrected chi connectivity index (χ1v) is 5.97. The van der Waals surface area contributed by atoms with Crippen molar-refractivity contribution in [1.29, 1.82) is 0 Å². The lowest BCUT2D eigenvalue weighted by Gasteiger charge is -2.34. The van der Waals surface area contributed by atoms with E-state index in [4.69, 9.17) is 5.11 Å². The highest BCUT2D eigenvalue weighted by Gasteiger charge is 2.18. The maximum Gasteiger partial charge on any atom is 0.404 e. The van der Waals surface area contributed by atoms with E-state index in [0.29, 0.717) is 6.54 Å². The number of rotatable bonds is 4. The van der Waals surface area contributed by atoms with Crippen molar-refractivity contribution in [2.45, 2.75) is 0 Å². The fraction of sp³-hybridized carbons (Fsp3) is 0.545. The average molecular weight is 251 g/mol. The first-order chi connectivity index (χ1) is 8.75. The topological polar surface area (TPSA) is 81.6 Å². The van der Waals surface area contributed by atoms with E-state index in [1.54, 1.807) is 18.5 Å². The second kappa shape index (κ2) is 6.15. The van der Waals surface area contributed by atoms with Crippen molar-refractivity contribution in [3.63, 3.8) is 0 Å². The predicted molar refractivity (Wildman–Crippen MR) is 66.7 cm³/mol. The monoisotopic (exact) mass is 251 g/mol. The van der Waals surface area contributed by atoms with Crippen molar-refractivity contribution in [2.24, 2.45) is 0 Å². The molecule has 0 saturated carbocycles. The van der Waals surface area contributed by atoms with Crippen LogP contribution in [-0.2, 0) is 0 Å². The van der Waals surface area contributed by atoms with E-state index in [1.807, 2.05) is 0 Å². The standard InChI is InChI=1S/C11H17N5O2/c17-11(18)14-4-5-15-6-8-16(9-7-15)10-12-2-1-3-13-10/h1-3,14H,4-9H2,(H,17,18). The molecule has 0 spiro atoms. The van der Waals surface area contributed by atoms with Crippen molar-refractivity contribution in [3.8, 4) is 0 Å². The number of nitrogens with zero attached hydrogens (tertiary/aromatic N) is 4. The molecule has 98 valence electrons. The van der Waals surface area contributed by atoms with E-state index in [2.05, 4.69) is 25.1 Å². The second-order valence-corrected chi connectivity index (χ2v) is 4.11. The van der Waals surface area contributed by atoms with Crippen molar-refractivity contribution in [2.75, 3.05) is 44.2 Å². The first-order valence-electron chi connectivity index (χ1n) is 5.97. The van der Waals surface area contributed by atoms with Gasteiger partial charge in [0.1, 0.15) is 0 Å². The van der Waals surface area contributed by atoms with E-state index < -0.39 is 6.09 Å². The summed E-state index contributed by atoms with van der Waals surface area (Å²) in [4.78, 5) is 23.1. The molecule has 0 aromatic carbocycles. The zero-order valence-electron chi connectivity index (χ0n) is 10.1. The minimum atomic E-state index is -0.966. The third-order valence-corrected chi connectivity index (χ3v) is 2.91. The van der Waals surface area contributed by atoms with Gasteiger partial charge in [0.2, 0.25) is 5.95 Å². The van der Waals surface area contributed by atoms with Crippen molar-refractivity contribution < 1.29 is 9.90 Å². The predicted octanol–water partition coefficient (Wildman–Crippen LogP) is -0.134. The van der Waals surface area contributed by atoms with Gasteiger partial charge in [0.15, 0.2) is 0 Å². The molecule has 0 atom stereocenters. The van der Waals surface area contributed by atoms with Gasteiger partial charge in [0, 0.05) is 51.7 Å². The molecule has 1 aliphatic rings. The van der Waals surface area contributed by atoms with Gasteiger partial charge in [-0.2, -0.15) is 0 Å². The highest BCUT2D eigenvalue weighted by molar-refractivity contribution is 5.64. The van der Waals surface area contributed by atoms with Crippen LogP contribution in [0.3, 0.4) is 0 Å². The Hall–Kier alpha value is -1.89. The molecular weight excluding hydrogens is 234 g/mol. The molecule has 1 saturated heterocycles. The van der Waals surface area contributed by atoms with E-state index in [-0.39, 0.29) is 0 Å². The van der Waals surface area contributed by atoms with Crippen LogP contribution in [0.15, 0.2) is 18.5 Å². The summed E-state index contributed by atoms with van der Waals surface area (Å²) in [5.41, 5.74) is 0. The summed E-state index contributed by atoms with van der Waals surface area (Å²) in [5.74, 6) is 0.765. The third-order valence-electron chi connectivity index (χ3n) is 2.91. The molecule has 7 heteroatoms. The van der Waals surface area contributed by atoms with Crippen LogP contribution in [0.4, 0.5) is 10.7 Å². The van der Waals surface area contributed by atoms with Gasteiger partial charge in [-0.05, 0) is 6.07 Å². The van der Waals surface area contributed by atoms with Gasteiger partial charge >= 0.3 is 6.09 Å². The first kappa shape index (κ1) is 12.6. The number of hydrogen-bond donors (Lipinski definition) is 2. The van der Waals surface area contributed by atoms with E-state index in [9.17, 15) is 4.79 Å². The van der Waals surface area contributed by atoms with Crippen molar-refractivity contribution in [3.05, 3.63) is 18.5 Å². The van der Waals surface area contributed by atoms with Crippen LogP contribution in [0.25, 0.3) is 0 Å². The largest absolute Gasteiger partial charge is 0.465 e. The molecule has 2 heterocycles. The van der Waals surface area contributed by atoms with Crippen LogP contribution in [0, 0.1) is 0 Å². The molecule has 2 N–H and O–H groups in total. The maximum absolute atomic E-state index is 10.3. The van der Waals surface area contributed by atoms with Crippen LogP contribution in [0.5, 0.6) is 0 Å². The Kier molecular flexibility index (Phi) is 4.30. The second-order valence-electron chi connectivity index (χ2n) is 4.11. The van der Waals surface area contributed by atoms with Gasteiger partial charge in [-0.3, -0.25) is 4.90 Å². The van der Waals surface area contributed by atoms with Crippen LogP contribution in [0.2, 0.25) is 0 Å². The van der Waals surface area contributed by atoms with Crippen molar-refractivity contribution >= 4 is 12.0 Å². The Bertz CT molecular complexity index is 378. The molecule has 1 fully saturated rings. The minimum Gasteiger partial charge on any atom is -0.465 e. The molecule has 0 unspecified atom stereocenters. The van der Waals surface area contributed by atoms with Gasteiger partial charge in [-0.25, -0.2) is 14.8 Å². The molecule has 0 aliphatic carbocycles. The summed E-state index contributed by atoms with van der Waals surface area (Å²) in [6, 6.07) is 1.80. The van der Waals surface area contributed by atoms with Gasteiger partial charge in [-0.15, -0.1) is 0 Å². The SMILES string of the molecule is O=C(O)NCCN1CCN(c2ncccn2)CC1. The number of hydrogen-bond acceptors (Lipinski definition) is 5. The lowest BCUT2D eigenvalue weighted by Crippen LogP contribution is -2.48. The molecule has 1 aliphatic heterocycles. The van der Waals surface area contributed by atoms with E-state index >= 15 is 0 Å². The van der Waals surface area contributed by atoms with Crippen molar-refractivity contribution in [1.82, 2.24) is 20.2 Å². The van der Waals surface area contributed by atoms with Crippen LogP contribution < -0.4 is 10.2 Å². The van der Waals surface area contributed by atoms with Gasteiger partial charge in [0.25, 0.3) is 0 Å². The Morgan fingerprint density at radius 2 is 1.94 bits per heavy atom. The number of amides is 1. The summed E-state index contributed by atoms with van der Waals surface area (Å²) in [6.45, 7) is 4.76. The number of carbonyl (C=O) groups is 1. The smallest absolute Gasteiger partial charge is 0.404 e. The molecule has 0 bridgehead atoms. The highest BCUT2D eigenvalue weighted by Crippen LogP contribution is 2.08. The van der Waals surface area contributed by atoms with Gasteiger partial charge in [-0.1, -0.05) is 0 Å². The Labute approximate surface area is 105 Å². The number of carboxylic acid groups (broad SMARTS) is 1. The number of piperazine rings is 1. The van der Waals surface area contributed by atoms with Crippen LogP contribution in [0.1, 0.15) is 0 Å². The third kappa shape index (κ3) is 3.56. The molecule has 1 aromatic heterocycles. The Morgan fingerprint density at radius 1 is 1.28 bits per heavy atom. The summed E-state index contributed by atoms with van der Waals surface area (Å²) >= 11 is 0. The van der Waals surface area contributed by atoms with Gasteiger partial charge in [0.05, 0.1) is 0 Å². The van der Waals surface area contributed by atoms with E-state index in [1.165, 1.54) is 0 Å². The quantitative estimate of drug-likeness (QED) is 0.775. The molecule has 18 heavy (non-hydrogen) atoms. The lowest BCUT2D eigenvalue weighted by molar-refractivity contribution is 0.190. The lowest BCUT2D eigenvalue weighted by atomic mass is 10.3. The highest BCUT2D eigenvalue weighted by atomic mass is 16.4. The Morgan fingerprint density at radius 3 is 2.56 bits per heavy atom. The molecular formula is C11H17N5O2. The molecule has 2 rings (SSSR count). The normalized spacial score (nSPS) is 16.6. The molecule has 1 aromatic rings. The molecule has 1 amide bonds. The number of anilines is 1. The fourth-order valence-corrected chi connectivity index (χ4v) is 1.95. The maximum atomic E-state index is 10.3. The molecule has 7 nitrogen and oxygen atoms in total. The average Bonchev–Trinajstić information content (AvgIpc) is 2.40. The van der Waals surface area contributed by atoms with E-state index in [0.717, 1.165) is 38.7 Å². The summed E-state index contributed by atoms with van der Waals surface area (Å²) in [7, 11) is 0. The summed E-state index contributed by atoms with van der Waals surface area (Å²) < 4.78 is 0. The number of aromatic nitrogens is 2. The van der Waals surface area contributed by atoms with Crippen LogP contribution >= 0.6 is 0 Å². The summed E-state index contributed by atoms with van der Waals surface area (Å²) in [6.07, 6.45) is 2.52. The zero-order valence-corrected chi connectivity index (χ0v) is 10.1. The minimum absolute atomic E-state index is 0.469. The number of nitrogens with one attached hydrogen (secondary N) is 1. The Balaban J connectivity index is 1.73. The molecule has 0 radical (unpaired) electrons. The zero-order chi connectivity index (χ0) is 12.8.